The molecular weight excluding hydrogens is 246 g/mol. The van der Waals surface area contributed by atoms with Gasteiger partial charge in [0.2, 0.25) is 0 Å². The van der Waals surface area contributed by atoms with Crippen LogP contribution in [0.4, 0.5) is 0 Å². The molecule has 74 valence electrons. The first-order valence-electron chi connectivity index (χ1n) is 3.95. The van der Waals surface area contributed by atoms with Crippen molar-refractivity contribution in [3.63, 3.8) is 0 Å². The van der Waals surface area contributed by atoms with Crippen LogP contribution in [-0.4, -0.2) is 19.6 Å². The highest BCUT2D eigenvalue weighted by Gasteiger charge is 1.78. The van der Waals surface area contributed by atoms with Crippen molar-refractivity contribution in [3.05, 3.63) is 47.7 Å². The van der Waals surface area contributed by atoms with Crippen molar-refractivity contribution in [1.29, 1.82) is 0 Å². The molecule has 2 heterocycles. The monoisotopic (exact) mass is 255 g/mol. The first-order valence-corrected chi connectivity index (χ1v) is 4.74. The summed E-state index contributed by atoms with van der Waals surface area (Å²) >= 11 is 3.25. The number of hydrogen-bond donors (Lipinski definition) is 1. The molecule has 0 amide bonds. The number of aliphatic hydroxyl groups excluding tert-OH is 1. The predicted octanol–water partition coefficient (Wildman–Crippen LogP) is 1.68. The van der Waals surface area contributed by atoms with E-state index in [1.165, 1.54) is 0 Å². The van der Waals surface area contributed by atoms with Gasteiger partial charge in [0.05, 0.1) is 6.33 Å². The lowest BCUT2D eigenvalue weighted by atomic mass is 10.5. The molecule has 0 aliphatic rings. The van der Waals surface area contributed by atoms with Crippen molar-refractivity contribution in [2.24, 2.45) is 0 Å². The summed E-state index contributed by atoms with van der Waals surface area (Å²) in [4.78, 5) is 7.53. The largest absolute Gasteiger partial charge is 0.376 e. The fourth-order valence-electron chi connectivity index (χ4n) is 0.712. The van der Waals surface area contributed by atoms with Crippen molar-refractivity contribution in [2.75, 3.05) is 0 Å². The summed E-state index contributed by atoms with van der Waals surface area (Å²) in [7, 11) is 0. The molecule has 1 N–H and O–H groups in total. The summed E-state index contributed by atoms with van der Waals surface area (Å²) in [6.07, 6.45) is 8.36. The minimum Gasteiger partial charge on any atom is -0.376 e. The number of hydrogen-bond acceptors (Lipinski definition) is 3. The van der Waals surface area contributed by atoms with Gasteiger partial charge in [-0.1, -0.05) is 0 Å². The highest BCUT2D eigenvalue weighted by molar-refractivity contribution is 9.10. The van der Waals surface area contributed by atoms with Crippen LogP contribution in [0.2, 0.25) is 0 Å². The Hall–Kier alpha value is -1.20. The summed E-state index contributed by atoms with van der Waals surface area (Å²) in [5, 5.41) is 8.35. The third-order valence-electron chi connectivity index (χ3n) is 1.35. The van der Waals surface area contributed by atoms with Crippen LogP contribution < -0.4 is 0 Å². The minimum absolute atomic E-state index is 0.0139. The van der Waals surface area contributed by atoms with E-state index in [1.54, 1.807) is 35.7 Å². The molecule has 0 saturated heterocycles. The molecule has 2 rings (SSSR count). The van der Waals surface area contributed by atoms with Gasteiger partial charge < -0.3 is 9.67 Å². The van der Waals surface area contributed by atoms with Crippen molar-refractivity contribution < 1.29 is 5.11 Å². The van der Waals surface area contributed by atoms with Gasteiger partial charge in [-0.25, -0.2) is 4.98 Å². The Morgan fingerprint density at radius 2 is 2.21 bits per heavy atom. The van der Waals surface area contributed by atoms with Crippen LogP contribution in [0.25, 0.3) is 0 Å². The Morgan fingerprint density at radius 1 is 1.36 bits per heavy atom. The number of aliphatic hydroxyl groups is 1. The van der Waals surface area contributed by atoms with Crippen LogP contribution in [0.5, 0.6) is 0 Å². The Bertz CT molecular complexity index is 336. The topological polar surface area (TPSA) is 50.9 Å². The van der Waals surface area contributed by atoms with E-state index < -0.39 is 0 Å². The molecule has 0 atom stereocenters. The zero-order valence-electron chi connectivity index (χ0n) is 7.42. The molecule has 14 heavy (non-hydrogen) atoms. The lowest BCUT2D eigenvalue weighted by Gasteiger charge is -1.87. The fraction of sp³-hybridized carbons (Fsp3) is 0.111. The number of rotatable bonds is 1. The molecule has 4 nitrogen and oxygen atoms in total. The van der Waals surface area contributed by atoms with E-state index in [0.717, 1.165) is 4.47 Å². The molecule has 0 bridgehead atoms. The summed E-state index contributed by atoms with van der Waals surface area (Å²) in [6.45, 7) is 0.0139. The second-order valence-corrected chi connectivity index (χ2v) is 3.31. The van der Waals surface area contributed by atoms with Gasteiger partial charge in [0.1, 0.15) is 6.73 Å². The third kappa shape index (κ3) is 4.15. The van der Waals surface area contributed by atoms with Gasteiger partial charge in [-0.3, -0.25) is 4.98 Å². The summed E-state index contributed by atoms with van der Waals surface area (Å²) < 4.78 is 2.59. The van der Waals surface area contributed by atoms with Gasteiger partial charge in [0.15, 0.2) is 0 Å². The Morgan fingerprint density at radius 3 is 2.50 bits per heavy atom. The zero-order chi connectivity index (χ0) is 10.2. The van der Waals surface area contributed by atoms with E-state index in [1.807, 2.05) is 12.1 Å². The highest BCUT2D eigenvalue weighted by atomic mass is 79.9. The van der Waals surface area contributed by atoms with Gasteiger partial charge in [-0.05, 0) is 28.1 Å². The first-order chi connectivity index (χ1) is 6.83. The van der Waals surface area contributed by atoms with Crippen molar-refractivity contribution in [3.8, 4) is 0 Å². The summed E-state index contributed by atoms with van der Waals surface area (Å²) in [6, 6.07) is 3.82. The fourth-order valence-corrected chi connectivity index (χ4v) is 0.983. The quantitative estimate of drug-likeness (QED) is 0.844. The number of aromatic nitrogens is 3. The first kappa shape index (κ1) is 10.9. The minimum atomic E-state index is 0.0139. The Kier molecular flexibility index (Phi) is 4.88. The van der Waals surface area contributed by atoms with Gasteiger partial charge in [0, 0.05) is 29.3 Å². The van der Waals surface area contributed by atoms with Crippen molar-refractivity contribution in [1.82, 2.24) is 14.5 Å². The number of halogens is 1. The standard InChI is InChI=1S/C5H4BrN.C4H6N2O/c6-5-2-1-3-7-4-5;7-4-6-2-1-5-3-6/h1-4H;1-3,7H,4H2. The molecular formula is C9H10BrN3O. The molecule has 2 aromatic heterocycles. The highest BCUT2D eigenvalue weighted by Crippen LogP contribution is 2.02. The van der Waals surface area contributed by atoms with Crippen LogP contribution in [-0.2, 0) is 6.73 Å². The molecule has 0 saturated carbocycles. The molecule has 0 unspecified atom stereocenters. The lowest BCUT2D eigenvalue weighted by Crippen LogP contribution is -1.89. The SMILES string of the molecule is Brc1cccnc1.OCn1ccnc1. The average molecular weight is 256 g/mol. The van der Waals surface area contributed by atoms with Gasteiger partial charge >= 0.3 is 0 Å². The third-order valence-corrected chi connectivity index (χ3v) is 1.82. The zero-order valence-corrected chi connectivity index (χ0v) is 9.00. The van der Waals surface area contributed by atoms with E-state index in [9.17, 15) is 0 Å². The van der Waals surface area contributed by atoms with Crippen LogP contribution in [0.1, 0.15) is 0 Å². The maximum atomic E-state index is 8.35. The molecule has 0 radical (unpaired) electrons. The van der Waals surface area contributed by atoms with Crippen LogP contribution in [0.15, 0.2) is 47.7 Å². The van der Waals surface area contributed by atoms with E-state index >= 15 is 0 Å². The smallest absolute Gasteiger partial charge is 0.120 e. The molecule has 0 aliphatic heterocycles. The number of pyridine rings is 1. The Labute approximate surface area is 90.4 Å². The van der Waals surface area contributed by atoms with Gasteiger partial charge in [0.25, 0.3) is 0 Å². The average Bonchev–Trinajstić information content (AvgIpc) is 2.72. The van der Waals surface area contributed by atoms with Crippen LogP contribution in [0, 0.1) is 0 Å². The molecule has 5 heteroatoms. The molecule has 0 spiro atoms. The second-order valence-electron chi connectivity index (χ2n) is 2.39. The maximum absolute atomic E-state index is 8.35. The molecule has 2 aromatic rings. The van der Waals surface area contributed by atoms with E-state index in [-0.39, 0.29) is 6.73 Å². The van der Waals surface area contributed by atoms with E-state index in [0.29, 0.717) is 0 Å². The van der Waals surface area contributed by atoms with Crippen LogP contribution >= 0.6 is 15.9 Å². The van der Waals surface area contributed by atoms with Crippen molar-refractivity contribution in [2.45, 2.75) is 6.73 Å². The van der Waals surface area contributed by atoms with Crippen LogP contribution in [0.3, 0.4) is 0 Å². The van der Waals surface area contributed by atoms with E-state index in [2.05, 4.69) is 25.9 Å². The lowest BCUT2D eigenvalue weighted by molar-refractivity contribution is 0.210. The summed E-state index contributed by atoms with van der Waals surface area (Å²) in [5.41, 5.74) is 0. The maximum Gasteiger partial charge on any atom is 0.120 e. The van der Waals surface area contributed by atoms with Gasteiger partial charge in [-0.15, -0.1) is 0 Å². The Balaban J connectivity index is 0.000000140. The van der Waals surface area contributed by atoms with E-state index in [4.69, 9.17) is 5.11 Å². The van der Waals surface area contributed by atoms with Gasteiger partial charge in [-0.2, -0.15) is 0 Å². The number of nitrogens with zero attached hydrogens (tertiary/aromatic N) is 3. The molecule has 0 aliphatic carbocycles. The normalized spacial score (nSPS) is 9.00. The van der Waals surface area contributed by atoms with Crippen molar-refractivity contribution >= 4 is 15.9 Å². The molecule has 0 aromatic carbocycles. The molecule has 0 fully saturated rings. The second kappa shape index (κ2) is 6.28. The number of imidazole rings is 1. The predicted molar refractivity (Wildman–Crippen MR) is 56.4 cm³/mol. The summed E-state index contributed by atoms with van der Waals surface area (Å²) in [5.74, 6) is 0.